The zero-order valence-corrected chi connectivity index (χ0v) is 11.4. The van der Waals surface area contributed by atoms with Crippen LogP contribution in [0.15, 0.2) is 75.2 Å². The summed E-state index contributed by atoms with van der Waals surface area (Å²) in [6.07, 6.45) is 0. The lowest BCUT2D eigenvalue weighted by Gasteiger charge is -2.09. The summed E-state index contributed by atoms with van der Waals surface area (Å²) >= 11 is 0. The zero-order chi connectivity index (χ0) is 15.5. The van der Waals surface area contributed by atoms with Crippen LogP contribution in [0.1, 0.15) is 0 Å². The second-order valence-corrected chi connectivity index (χ2v) is 4.65. The van der Waals surface area contributed by atoms with Crippen LogP contribution in [0, 0.1) is 0 Å². The van der Waals surface area contributed by atoms with E-state index >= 15 is 0 Å². The van der Waals surface area contributed by atoms with E-state index < -0.39 is 16.6 Å². The summed E-state index contributed by atoms with van der Waals surface area (Å²) < 4.78 is 0. The Kier molecular flexibility index (Phi) is 3.53. The van der Waals surface area contributed by atoms with Gasteiger partial charge in [0.15, 0.2) is 0 Å². The van der Waals surface area contributed by atoms with Gasteiger partial charge in [-0.1, -0.05) is 36.4 Å². The molecular formula is C17H11N2O3-. The molecule has 0 aliphatic carbocycles. The molecule has 0 fully saturated rings. The standard InChI is InChI=1S/C17H12N2O3/c20-15-13(18-11-7-3-1-4-8-11)16(21)17(22)14(15)19-12-9-5-2-6-10-12/h1-10,18,20H/p-1. The number of hydrogen-bond donors (Lipinski definition) is 1. The number of anilines is 2. The lowest BCUT2D eigenvalue weighted by atomic mass is 10.3. The third kappa shape index (κ3) is 2.52. The number of rotatable bonds is 3. The van der Waals surface area contributed by atoms with Gasteiger partial charge in [0.2, 0.25) is 0 Å². The van der Waals surface area contributed by atoms with Crippen molar-refractivity contribution in [3.8, 4) is 5.75 Å². The van der Waals surface area contributed by atoms with Crippen LogP contribution in [0.2, 0.25) is 0 Å². The molecular weight excluding hydrogens is 280 g/mol. The van der Waals surface area contributed by atoms with E-state index in [9.17, 15) is 14.7 Å². The van der Waals surface area contributed by atoms with Crippen molar-refractivity contribution in [3.05, 3.63) is 86.5 Å². The highest BCUT2D eigenvalue weighted by molar-refractivity contribution is 5.66. The maximum absolute atomic E-state index is 12.3. The molecule has 1 N–H and O–H groups in total. The topological polar surface area (TPSA) is 81.6 Å². The van der Waals surface area contributed by atoms with Crippen molar-refractivity contribution in [1.82, 2.24) is 0 Å². The summed E-state index contributed by atoms with van der Waals surface area (Å²) in [6.45, 7) is 0. The highest BCUT2D eigenvalue weighted by Crippen LogP contribution is 2.17. The first-order valence-electron chi connectivity index (χ1n) is 6.63. The summed E-state index contributed by atoms with van der Waals surface area (Å²) in [5, 5.41) is 14.6. The van der Waals surface area contributed by atoms with Crippen LogP contribution in [0.4, 0.5) is 17.1 Å². The SMILES string of the molecule is O=c1c(Nc2ccccc2)c([O-])c(=Nc2ccccc2)c1=O. The minimum absolute atomic E-state index is 0.258. The Bertz CT molecular complexity index is 941. The second kappa shape index (κ2) is 5.65. The van der Waals surface area contributed by atoms with E-state index in [0.717, 1.165) is 0 Å². The fourth-order valence-electron chi connectivity index (χ4n) is 2.06. The predicted octanol–water partition coefficient (Wildman–Crippen LogP) is 1.33. The summed E-state index contributed by atoms with van der Waals surface area (Å²) in [5.74, 6) is -0.678. The smallest absolute Gasteiger partial charge is 0.252 e. The van der Waals surface area contributed by atoms with Gasteiger partial charge in [-0.25, -0.2) is 4.99 Å². The Morgan fingerprint density at radius 3 is 2.05 bits per heavy atom. The molecule has 0 aliphatic heterocycles. The monoisotopic (exact) mass is 291 g/mol. The first-order chi connectivity index (χ1) is 10.7. The van der Waals surface area contributed by atoms with Gasteiger partial charge in [-0.3, -0.25) is 9.59 Å². The van der Waals surface area contributed by atoms with Gasteiger partial charge in [0.05, 0.1) is 11.4 Å². The first-order valence-corrected chi connectivity index (χ1v) is 6.63. The van der Waals surface area contributed by atoms with Crippen LogP contribution in [-0.4, -0.2) is 0 Å². The van der Waals surface area contributed by atoms with Crippen molar-refractivity contribution in [2.75, 3.05) is 5.32 Å². The number of benzene rings is 2. The Labute approximate surface area is 125 Å². The Morgan fingerprint density at radius 2 is 1.41 bits per heavy atom. The molecule has 22 heavy (non-hydrogen) atoms. The minimum atomic E-state index is -0.882. The van der Waals surface area contributed by atoms with E-state index in [2.05, 4.69) is 10.3 Å². The molecule has 3 aromatic rings. The van der Waals surface area contributed by atoms with E-state index in [1.165, 1.54) is 0 Å². The Morgan fingerprint density at radius 1 is 0.818 bits per heavy atom. The van der Waals surface area contributed by atoms with Gasteiger partial charge in [-0.15, -0.1) is 0 Å². The van der Waals surface area contributed by atoms with E-state index in [1.807, 2.05) is 6.07 Å². The van der Waals surface area contributed by atoms with E-state index in [4.69, 9.17) is 0 Å². The molecule has 0 atom stereocenters. The molecule has 0 saturated heterocycles. The first kappa shape index (κ1) is 13.8. The molecule has 0 amide bonds. The number of hydrogen-bond acceptors (Lipinski definition) is 5. The summed E-state index contributed by atoms with van der Waals surface area (Å²) in [7, 11) is 0. The van der Waals surface area contributed by atoms with Crippen LogP contribution >= 0.6 is 0 Å². The molecule has 3 aromatic carbocycles. The number of nitrogens with zero attached hydrogens (tertiary/aromatic N) is 1. The van der Waals surface area contributed by atoms with Crippen LogP contribution < -0.4 is 26.6 Å². The normalized spacial score (nSPS) is 11.5. The number of para-hydroxylation sites is 2. The van der Waals surface area contributed by atoms with Gasteiger partial charge in [-0.05, 0) is 30.0 Å². The highest BCUT2D eigenvalue weighted by atomic mass is 16.3. The average Bonchev–Trinajstić information content (AvgIpc) is 2.75. The van der Waals surface area contributed by atoms with Crippen molar-refractivity contribution in [2.24, 2.45) is 4.99 Å². The summed E-state index contributed by atoms with van der Waals surface area (Å²) in [5.41, 5.74) is -0.984. The van der Waals surface area contributed by atoms with Crippen LogP contribution in [0.5, 0.6) is 5.75 Å². The van der Waals surface area contributed by atoms with Gasteiger partial charge in [-0.2, -0.15) is 0 Å². The average molecular weight is 291 g/mol. The molecule has 0 radical (unpaired) electrons. The molecule has 0 bridgehead atoms. The zero-order valence-electron chi connectivity index (χ0n) is 11.4. The van der Waals surface area contributed by atoms with Gasteiger partial charge in [0.1, 0.15) is 5.36 Å². The third-order valence-corrected chi connectivity index (χ3v) is 3.13. The third-order valence-electron chi connectivity index (χ3n) is 3.13. The minimum Gasteiger partial charge on any atom is -0.869 e. The molecule has 5 heteroatoms. The molecule has 5 nitrogen and oxygen atoms in total. The van der Waals surface area contributed by atoms with E-state index in [0.29, 0.717) is 11.4 Å². The predicted molar refractivity (Wildman–Crippen MR) is 82.2 cm³/mol. The molecule has 0 spiro atoms. The van der Waals surface area contributed by atoms with Crippen LogP contribution in [0.3, 0.4) is 0 Å². The van der Waals surface area contributed by atoms with Gasteiger partial charge in [0.25, 0.3) is 10.9 Å². The molecule has 0 heterocycles. The quantitative estimate of drug-likeness (QED) is 0.738. The van der Waals surface area contributed by atoms with Crippen LogP contribution in [-0.2, 0) is 0 Å². The van der Waals surface area contributed by atoms with Crippen molar-refractivity contribution in [2.45, 2.75) is 0 Å². The summed E-state index contributed by atoms with van der Waals surface area (Å²) in [4.78, 5) is 27.9. The van der Waals surface area contributed by atoms with Crippen molar-refractivity contribution >= 4 is 17.1 Å². The van der Waals surface area contributed by atoms with Crippen LogP contribution in [0.25, 0.3) is 0 Å². The molecule has 0 saturated carbocycles. The highest BCUT2D eigenvalue weighted by Gasteiger charge is 2.12. The van der Waals surface area contributed by atoms with Gasteiger partial charge < -0.3 is 10.4 Å². The van der Waals surface area contributed by atoms with Crippen molar-refractivity contribution < 1.29 is 5.11 Å². The fourth-order valence-corrected chi connectivity index (χ4v) is 2.06. The molecule has 0 aromatic heterocycles. The maximum Gasteiger partial charge on any atom is 0.252 e. The van der Waals surface area contributed by atoms with Gasteiger partial charge >= 0.3 is 0 Å². The molecule has 0 aliphatic rings. The molecule has 0 unspecified atom stereocenters. The largest absolute Gasteiger partial charge is 0.869 e. The fraction of sp³-hybridized carbons (Fsp3) is 0. The summed E-state index contributed by atoms with van der Waals surface area (Å²) in [6, 6.07) is 17.3. The Balaban J connectivity index is 2.12. The Hall–Kier alpha value is -3.21. The number of nitrogens with one attached hydrogen (secondary N) is 1. The van der Waals surface area contributed by atoms with E-state index in [-0.39, 0.29) is 11.0 Å². The van der Waals surface area contributed by atoms with Gasteiger partial charge in [0, 0.05) is 5.69 Å². The van der Waals surface area contributed by atoms with E-state index in [1.54, 1.807) is 54.6 Å². The van der Waals surface area contributed by atoms with Crippen molar-refractivity contribution in [1.29, 1.82) is 0 Å². The maximum atomic E-state index is 12.3. The van der Waals surface area contributed by atoms with Crippen molar-refractivity contribution in [3.63, 3.8) is 0 Å². The lowest BCUT2D eigenvalue weighted by molar-refractivity contribution is -0.268. The molecule has 3 rings (SSSR count). The molecule has 108 valence electrons. The second-order valence-electron chi connectivity index (χ2n) is 4.65. The lowest BCUT2D eigenvalue weighted by Crippen LogP contribution is -2.31.